The predicted molar refractivity (Wildman–Crippen MR) is 131 cm³/mol. The maximum absolute atomic E-state index is 13.2. The molecule has 0 radical (unpaired) electrons. The van der Waals surface area contributed by atoms with E-state index in [1.165, 1.54) is 34.1 Å². The molecule has 0 atom stereocenters. The summed E-state index contributed by atoms with van der Waals surface area (Å²) in [5.41, 5.74) is 1.83. The molecule has 5 rings (SSSR count). The zero-order valence-electron chi connectivity index (χ0n) is 19.0. The molecular weight excluding hydrogens is 471 g/mol. The fourth-order valence-corrected chi connectivity index (χ4v) is 4.79. The van der Waals surface area contributed by atoms with Gasteiger partial charge < -0.3 is 15.0 Å². The number of ether oxygens (including phenoxy) is 1. The van der Waals surface area contributed by atoms with Gasteiger partial charge >= 0.3 is 6.03 Å². The Labute approximate surface area is 204 Å². The lowest BCUT2D eigenvalue weighted by Crippen LogP contribution is -2.49. The van der Waals surface area contributed by atoms with Crippen molar-refractivity contribution in [3.63, 3.8) is 0 Å². The Kier molecular flexibility index (Phi) is 6.43. The fourth-order valence-electron chi connectivity index (χ4n) is 3.86. The molecule has 0 bridgehead atoms. The minimum absolute atomic E-state index is 0.148. The van der Waals surface area contributed by atoms with E-state index in [4.69, 9.17) is 4.74 Å². The SMILES string of the molecule is COc1ccc(NC(=O)N2CCN(Cc3cc(=O)n4nc(-c5ccc(F)cc5)sc4n3)CC2)cc1. The van der Waals surface area contributed by atoms with Gasteiger partial charge in [0.25, 0.3) is 5.56 Å². The van der Waals surface area contributed by atoms with E-state index in [2.05, 4.69) is 20.3 Å². The molecule has 180 valence electrons. The van der Waals surface area contributed by atoms with E-state index in [-0.39, 0.29) is 17.4 Å². The first-order valence-corrected chi connectivity index (χ1v) is 11.9. The smallest absolute Gasteiger partial charge is 0.321 e. The summed E-state index contributed by atoms with van der Waals surface area (Å²) in [6, 6.07) is 14.5. The summed E-state index contributed by atoms with van der Waals surface area (Å²) < 4.78 is 19.6. The van der Waals surface area contributed by atoms with Crippen LogP contribution < -0.4 is 15.6 Å². The van der Waals surface area contributed by atoms with Gasteiger partial charge in [-0.15, -0.1) is 0 Å². The third-order valence-electron chi connectivity index (χ3n) is 5.78. The van der Waals surface area contributed by atoms with Crippen LogP contribution in [0.15, 0.2) is 59.4 Å². The quantitative estimate of drug-likeness (QED) is 0.458. The second kappa shape index (κ2) is 9.80. The lowest BCUT2D eigenvalue weighted by atomic mass is 10.2. The Balaban J connectivity index is 1.21. The van der Waals surface area contributed by atoms with Crippen molar-refractivity contribution in [2.75, 3.05) is 38.6 Å². The van der Waals surface area contributed by atoms with Gasteiger partial charge in [-0.2, -0.15) is 9.61 Å². The van der Waals surface area contributed by atoms with E-state index >= 15 is 0 Å². The third-order valence-corrected chi connectivity index (χ3v) is 6.73. The molecule has 2 aromatic heterocycles. The summed E-state index contributed by atoms with van der Waals surface area (Å²) in [4.78, 5) is 34.3. The summed E-state index contributed by atoms with van der Waals surface area (Å²) in [5.74, 6) is 0.402. The van der Waals surface area contributed by atoms with Crippen LogP contribution in [-0.2, 0) is 6.54 Å². The number of hydrogen-bond donors (Lipinski definition) is 1. The van der Waals surface area contributed by atoms with Crippen molar-refractivity contribution in [3.8, 4) is 16.3 Å². The van der Waals surface area contributed by atoms with E-state index < -0.39 is 0 Å². The largest absolute Gasteiger partial charge is 0.497 e. The summed E-state index contributed by atoms with van der Waals surface area (Å²) in [6.07, 6.45) is 0. The molecule has 0 unspecified atom stereocenters. The Morgan fingerprint density at radius 1 is 1.09 bits per heavy atom. The van der Waals surface area contributed by atoms with E-state index in [1.54, 1.807) is 48.4 Å². The number of piperazine rings is 1. The normalized spacial score (nSPS) is 14.3. The lowest BCUT2D eigenvalue weighted by molar-refractivity contribution is 0.142. The highest BCUT2D eigenvalue weighted by atomic mass is 32.1. The number of rotatable bonds is 5. The first-order chi connectivity index (χ1) is 17.0. The van der Waals surface area contributed by atoms with Crippen LogP contribution >= 0.6 is 11.3 Å². The molecule has 2 aromatic carbocycles. The average molecular weight is 495 g/mol. The number of aromatic nitrogens is 3. The van der Waals surface area contributed by atoms with Gasteiger partial charge in [0, 0.05) is 50.0 Å². The van der Waals surface area contributed by atoms with Crippen molar-refractivity contribution in [3.05, 3.63) is 76.5 Å². The van der Waals surface area contributed by atoms with Crippen molar-refractivity contribution in [2.45, 2.75) is 6.54 Å². The molecule has 0 saturated carbocycles. The molecular formula is C24H23FN6O3S. The highest BCUT2D eigenvalue weighted by Gasteiger charge is 2.22. The molecule has 1 aliphatic rings. The summed E-state index contributed by atoms with van der Waals surface area (Å²) in [7, 11) is 1.60. The summed E-state index contributed by atoms with van der Waals surface area (Å²) in [5, 5.41) is 7.84. The molecule has 1 aliphatic heterocycles. The molecule has 1 fully saturated rings. The molecule has 4 aromatic rings. The van der Waals surface area contributed by atoms with Crippen LogP contribution in [0.2, 0.25) is 0 Å². The van der Waals surface area contributed by atoms with Crippen LogP contribution in [0, 0.1) is 5.82 Å². The Hall–Kier alpha value is -3.83. The highest BCUT2D eigenvalue weighted by Crippen LogP contribution is 2.24. The number of fused-ring (bicyclic) bond motifs is 1. The number of amides is 2. The number of methoxy groups -OCH3 is 1. The molecule has 0 spiro atoms. The standard InChI is InChI=1S/C24H23FN6O3S/c1-34-20-8-6-18(7-9-20)26-23(33)30-12-10-29(11-13-30)15-19-14-21(32)31-24(27-19)35-22(28-31)16-2-4-17(25)5-3-16/h2-9,14H,10-13,15H2,1H3,(H,26,33). The highest BCUT2D eigenvalue weighted by molar-refractivity contribution is 7.19. The van der Waals surface area contributed by atoms with Gasteiger partial charge in [0.2, 0.25) is 4.96 Å². The van der Waals surface area contributed by atoms with Gasteiger partial charge in [0.15, 0.2) is 0 Å². The van der Waals surface area contributed by atoms with Crippen LogP contribution in [-0.4, -0.2) is 63.7 Å². The van der Waals surface area contributed by atoms with E-state index in [1.807, 2.05) is 0 Å². The van der Waals surface area contributed by atoms with E-state index in [0.29, 0.717) is 54.1 Å². The van der Waals surface area contributed by atoms with Gasteiger partial charge in [0.1, 0.15) is 16.6 Å². The molecule has 1 N–H and O–H groups in total. The molecule has 3 heterocycles. The van der Waals surface area contributed by atoms with Crippen molar-refractivity contribution in [2.24, 2.45) is 0 Å². The van der Waals surface area contributed by atoms with Crippen LogP contribution in [0.25, 0.3) is 15.5 Å². The molecule has 11 heteroatoms. The molecule has 0 aliphatic carbocycles. The zero-order valence-corrected chi connectivity index (χ0v) is 19.8. The van der Waals surface area contributed by atoms with Crippen molar-refractivity contribution in [1.82, 2.24) is 24.4 Å². The molecule has 1 saturated heterocycles. The lowest BCUT2D eigenvalue weighted by Gasteiger charge is -2.34. The van der Waals surface area contributed by atoms with Gasteiger partial charge in [-0.3, -0.25) is 9.69 Å². The number of carbonyl (C=O) groups excluding carboxylic acids is 1. The van der Waals surface area contributed by atoms with Gasteiger partial charge in [-0.05, 0) is 48.5 Å². The number of nitrogens with one attached hydrogen (secondary N) is 1. The minimum Gasteiger partial charge on any atom is -0.497 e. The minimum atomic E-state index is -0.328. The van der Waals surface area contributed by atoms with Crippen molar-refractivity contribution in [1.29, 1.82) is 0 Å². The van der Waals surface area contributed by atoms with E-state index in [9.17, 15) is 14.0 Å². The number of anilines is 1. The van der Waals surface area contributed by atoms with Crippen molar-refractivity contribution < 1.29 is 13.9 Å². The summed E-state index contributed by atoms with van der Waals surface area (Å²) >= 11 is 1.28. The number of benzene rings is 2. The maximum atomic E-state index is 13.2. The van der Waals surface area contributed by atoms with Crippen LogP contribution in [0.1, 0.15) is 5.69 Å². The Morgan fingerprint density at radius 3 is 2.49 bits per heavy atom. The number of halogens is 1. The number of carbonyl (C=O) groups is 1. The Bertz CT molecular complexity index is 1400. The molecule has 9 nitrogen and oxygen atoms in total. The first kappa shape index (κ1) is 22.9. The third kappa shape index (κ3) is 5.15. The topological polar surface area (TPSA) is 92.1 Å². The van der Waals surface area contributed by atoms with Crippen LogP contribution in [0.4, 0.5) is 14.9 Å². The first-order valence-electron chi connectivity index (χ1n) is 11.1. The van der Waals surface area contributed by atoms with Crippen LogP contribution in [0.5, 0.6) is 5.75 Å². The van der Waals surface area contributed by atoms with Gasteiger partial charge in [-0.1, -0.05) is 11.3 Å². The fraction of sp³-hybridized carbons (Fsp3) is 0.250. The molecule has 35 heavy (non-hydrogen) atoms. The van der Waals surface area contributed by atoms with Crippen molar-refractivity contribution >= 4 is 28.0 Å². The van der Waals surface area contributed by atoms with Gasteiger partial charge in [-0.25, -0.2) is 14.2 Å². The Morgan fingerprint density at radius 2 is 1.80 bits per heavy atom. The summed E-state index contributed by atoms with van der Waals surface area (Å²) in [6.45, 7) is 2.97. The second-order valence-corrected chi connectivity index (χ2v) is 9.07. The van der Waals surface area contributed by atoms with Gasteiger partial charge in [0.05, 0.1) is 12.8 Å². The zero-order chi connectivity index (χ0) is 24.4. The predicted octanol–water partition coefficient (Wildman–Crippen LogP) is 3.32. The molecule has 2 amide bonds. The average Bonchev–Trinajstić information content (AvgIpc) is 3.30. The van der Waals surface area contributed by atoms with Crippen LogP contribution in [0.3, 0.4) is 0 Å². The monoisotopic (exact) mass is 494 g/mol. The number of urea groups is 1. The maximum Gasteiger partial charge on any atom is 0.321 e. The second-order valence-electron chi connectivity index (χ2n) is 8.12. The number of hydrogen-bond acceptors (Lipinski definition) is 7. The number of nitrogens with zero attached hydrogens (tertiary/aromatic N) is 5. The van der Waals surface area contributed by atoms with E-state index in [0.717, 1.165) is 11.3 Å².